The molecule has 8 nitrogen and oxygen atoms in total. The first-order chi connectivity index (χ1) is 14.1. The second-order valence-electron chi connectivity index (χ2n) is 6.81. The molecule has 2 aromatic carbocycles. The summed E-state index contributed by atoms with van der Waals surface area (Å²) < 4.78 is 3.35. The Hall–Kier alpha value is -4.25. The van der Waals surface area contributed by atoms with Gasteiger partial charge in [-0.05, 0) is 24.6 Å². The highest BCUT2D eigenvalue weighted by atomic mass is 16.1. The SMILES string of the molecule is [C-]#[N+]c1ccc2c(c1)ncn2-c1ncc2[nH]c(=O)n(Cc3cccc(C)c3)c2n1. The summed E-state index contributed by atoms with van der Waals surface area (Å²) in [5.41, 5.74) is 5.03. The van der Waals surface area contributed by atoms with E-state index < -0.39 is 0 Å². The summed E-state index contributed by atoms with van der Waals surface area (Å²) in [6, 6.07) is 13.3. The molecule has 0 atom stereocenters. The van der Waals surface area contributed by atoms with E-state index in [2.05, 4.69) is 24.8 Å². The minimum Gasteiger partial charge on any atom is -0.303 e. The molecule has 0 aliphatic rings. The lowest BCUT2D eigenvalue weighted by Crippen LogP contribution is -2.18. The van der Waals surface area contributed by atoms with Crippen LogP contribution in [0.25, 0.3) is 33.0 Å². The highest BCUT2D eigenvalue weighted by molar-refractivity contribution is 5.81. The van der Waals surface area contributed by atoms with Crippen molar-refractivity contribution in [3.05, 3.63) is 88.0 Å². The van der Waals surface area contributed by atoms with Crippen LogP contribution in [-0.2, 0) is 6.54 Å². The fourth-order valence-corrected chi connectivity index (χ4v) is 3.42. The Balaban J connectivity index is 1.64. The Morgan fingerprint density at radius 3 is 2.90 bits per heavy atom. The first-order valence-corrected chi connectivity index (χ1v) is 8.98. The molecule has 0 saturated heterocycles. The minimum atomic E-state index is -0.231. The topological polar surface area (TPSA) is 85.8 Å². The van der Waals surface area contributed by atoms with Gasteiger partial charge in [0.15, 0.2) is 11.3 Å². The van der Waals surface area contributed by atoms with Gasteiger partial charge in [-0.2, -0.15) is 4.98 Å². The van der Waals surface area contributed by atoms with Gasteiger partial charge in [0.2, 0.25) is 5.95 Å². The smallest absolute Gasteiger partial charge is 0.303 e. The zero-order valence-corrected chi connectivity index (χ0v) is 15.5. The van der Waals surface area contributed by atoms with E-state index in [0.717, 1.165) is 16.6 Å². The molecule has 3 aromatic heterocycles. The summed E-state index contributed by atoms with van der Waals surface area (Å²) in [7, 11) is 0. The van der Waals surface area contributed by atoms with Gasteiger partial charge in [0.1, 0.15) is 11.8 Å². The maximum absolute atomic E-state index is 12.5. The predicted octanol–water partition coefficient (Wildman–Crippen LogP) is 3.37. The normalized spacial score (nSPS) is 11.2. The van der Waals surface area contributed by atoms with Crippen molar-refractivity contribution >= 4 is 27.9 Å². The molecular weight excluding hydrogens is 366 g/mol. The maximum atomic E-state index is 12.5. The Morgan fingerprint density at radius 1 is 1.17 bits per heavy atom. The van der Waals surface area contributed by atoms with E-state index in [-0.39, 0.29) is 5.69 Å². The Kier molecular flexibility index (Phi) is 3.74. The molecule has 5 rings (SSSR count). The fourth-order valence-electron chi connectivity index (χ4n) is 3.42. The van der Waals surface area contributed by atoms with Crippen LogP contribution in [0.3, 0.4) is 0 Å². The van der Waals surface area contributed by atoms with Gasteiger partial charge in [-0.25, -0.2) is 19.6 Å². The van der Waals surface area contributed by atoms with Gasteiger partial charge in [0.05, 0.1) is 30.3 Å². The molecule has 0 aliphatic carbocycles. The molecule has 8 heteroatoms. The number of fused-ring (bicyclic) bond motifs is 2. The van der Waals surface area contributed by atoms with Crippen LogP contribution in [0.2, 0.25) is 0 Å². The summed E-state index contributed by atoms with van der Waals surface area (Å²) in [5.74, 6) is 0.410. The summed E-state index contributed by atoms with van der Waals surface area (Å²) >= 11 is 0. The third kappa shape index (κ3) is 2.85. The number of hydrogen-bond donors (Lipinski definition) is 1. The molecule has 5 aromatic rings. The van der Waals surface area contributed by atoms with Crippen molar-refractivity contribution in [3.63, 3.8) is 0 Å². The van der Waals surface area contributed by atoms with Crippen LogP contribution in [0.5, 0.6) is 0 Å². The summed E-state index contributed by atoms with van der Waals surface area (Å²) in [4.78, 5) is 32.1. The van der Waals surface area contributed by atoms with Crippen molar-refractivity contribution in [2.75, 3.05) is 0 Å². The first kappa shape index (κ1) is 16.9. The van der Waals surface area contributed by atoms with Crippen LogP contribution in [0, 0.1) is 13.5 Å². The Labute approximate surface area is 164 Å². The molecule has 1 N–H and O–H groups in total. The summed E-state index contributed by atoms with van der Waals surface area (Å²) in [6.07, 6.45) is 3.22. The fraction of sp³-hybridized carbons (Fsp3) is 0.0952. The quantitative estimate of drug-likeness (QED) is 0.486. The third-order valence-electron chi connectivity index (χ3n) is 4.80. The largest absolute Gasteiger partial charge is 0.328 e. The number of aryl methyl sites for hydroxylation is 1. The average molecular weight is 381 g/mol. The van der Waals surface area contributed by atoms with Crippen molar-refractivity contribution in [1.82, 2.24) is 29.1 Å². The van der Waals surface area contributed by atoms with Crippen LogP contribution < -0.4 is 5.69 Å². The van der Waals surface area contributed by atoms with Gasteiger partial charge >= 0.3 is 5.69 Å². The highest BCUT2D eigenvalue weighted by Gasteiger charge is 2.13. The Morgan fingerprint density at radius 2 is 2.07 bits per heavy atom. The van der Waals surface area contributed by atoms with E-state index in [0.29, 0.717) is 34.9 Å². The molecule has 0 radical (unpaired) electrons. The number of nitrogens with zero attached hydrogens (tertiary/aromatic N) is 6. The number of aromatic amines is 1. The zero-order chi connectivity index (χ0) is 20.0. The predicted molar refractivity (Wildman–Crippen MR) is 109 cm³/mol. The molecule has 0 aliphatic heterocycles. The molecule has 0 bridgehead atoms. The lowest BCUT2D eigenvalue weighted by Gasteiger charge is -2.06. The molecule has 0 amide bonds. The van der Waals surface area contributed by atoms with E-state index >= 15 is 0 Å². The Bertz CT molecular complexity index is 1480. The number of aromatic nitrogens is 6. The first-order valence-electron chi connectivity index (χ1n) is 8.98. The monoisotopic (exact) mass is 381 g/mol. The average Bonchev–Trinajstić information content (AvgIpc) is 3.28. The molecule has 0 unspecified atom stereocenters. The van der Waals surface area contributed by atoms with Gasteiger partial charge in [-0.15, -0.1) is 0 Å². The molecule has 0 fully saturated rings. The van der Waals surface area contributed by atoms with Gasteiger partial charge in [-0.1, -0.05) is 35.9 Å². The lowest BCUT2D eigenvalue weighted by molar-refractivity contribution is 0.774. The van der Waals surface area contributed by atoms with Crippen LogP contribution in [0.4, 0.5) is 5.69 Å². The summed E-state index contributed by atoms with van der Waals surface area (Å²) in [5, 5.41) is 0. The van der Waals surface area contributed by atoms with E-state index in [1.54, 1.807) is 33.8 Å². The number of H-pyrrole nitrogens is 1. The maximum Gasteiger partial charge on any atom is 0.328 e. The molecule has 0 saturated carbocycles. The molecule has 29 heavy (non-hydrogen) atoms. The van der Waals surface area contributed by atoms with Crippen molar-refractivity contribution in [2.24, 2.45) is 0 Å². The minimum absolute atomic E-state index is 0.231. The third-order valence-corrected chi connectivity index (χ3v) is 4.80. The van der Waals surface area contributed by atoms with Gasteiger partial charge in [0.25, 0.3) is 0 Å². The second kappa shape index (κ2) is 6.42. The molecule has 140 valence electrons. The van der Waals surface area contributed by atoms with Gasteiger partial charge < -0.3 is 4.98 Å². The van der Waals surface area contributed by atoms with Crippen LogP contribution in [0.1, 0.15) is 11.1 Å². The van der Waals surface area contributed by atoms with Crippen molar-refractivity contribution in [3.8, 4) is 5.95 Å². The second-order valence-corrected chi connectivity index (χ2v) is 6.81. The lowest BCUT2D eigenvalue weighted by atomic mass is 10.1. The highest BCUT2D eigenvalue weighted by Crippen LogP contribution is 2.22. The summed E-state index contributed by atoms with van der Waals surface area (Å²) in [6.45, 7) is 9.57. The van der Waals surface area contributed by atoms with Gasteiger partial charge in [-0.3, -0.25) is 9.13 Å². The van der Waals surface area contributed by atoms with E-state index in [1.807, 2.05) is 37.3 Å². The van der Waals surface area contributed by atoms with Crippen molar-refractivity contribution in [1.29, 1.82) is 0 Å². The van der Waals surface area contributed by atoms with Gasteiger partial charge in [0, 0.05) is 0 Å². The standard InChI is InChI=1S/C21H15N7O/c1-13-4-3-5-14(8-13)11-27-19-17(25-21(27)29)10-23-20(26-19)28-12-24-16-9-15(22-2)6-7-18(16)28/h3-10,12H,11H2,1H3,(H,25,29). The zero-order valence-electron chi connectivity index (χ0n) is 15.5. The molecule has 0 spiro atoms. The van der Waals surface area contributed by atoms with Crippen molar-refractivity contribution < 1.29 is 0 Å². The number of imidazole rings is 2. The van der Waals surface area contributed by atoms with E-state index in [9.17, 15) is 4.79 Å². The number of hydrogen-bond acceptors (Lipinski definition) is 4. The number of nitrogens with one attached hydrogen (secondary N) is 1. The number of rotatable bonds is 3. The number of benzene rings is 2. The molecule has 3 heterocycles. The van der Waals surface area contributed by atoms with Crippen molar-refractivity contribution in [2.45, 2.75) is 13.5 Å². The van der Waals surface area contributed by atoms with Crippen LogP contribution in [0.15, 0.2) is 59.8 Å². The molecular formula is C21H15N7O. The van der Waals surface area contributed by atoms with E-state index in [1.165, 1.54) is 0 Å². The van der Waals surface area contributed by atoms with Crippen LogP contribution >= 0.6 is 0 Å². The van der Waals surface area contributed by atoms with Crippen LogP contribution in [-0.4, -0.2) is 29.1 Å². The van der Waals surface area contributed by atoms with E-state index in [4.69, 9.17) is 6.57 Å².